The molecule has 2 aromatic rings. The minimum Gasteiger partial charge on any atom is -0.351 e. The summed E-state index contributed by atoms with van der Waals surface area (Å²) in [6, 6.07) is 3.54. The first kappa shape index (κ1) is 23.3. The molecule has 3 heterocycles. The summed E-state index contributed by atoms with van der Waals surface area (Å²) in [5.41, 5.74) is 0.238. The third-order valence-corrected chi connectivity index (χ3v) is 5.33. The van der Waals surface area contributed by atoms with Crippen LogP contribution in [0.15, 0.2) is 29.0 Å². The number of rotatable bonds is 9. The molecule has 0 bridgehead atoms. The van der Waals surface area contributed by atoms with Crippen molar-refractivity contribution in [3.63, 3.8) is 0 Å². The molecule has 2 aromatic heterocycles. The van der Waals surface area contributed by atoms with E-state index in [9.17, 15) is 9.59 Å². The summed E-state index contributed by atoms with van der Waals surface area (Å²) >= 11 is 3.32. The number of nitrogens with one attached hydrogen (secondary N) is 1. The van der Waals surface area contributed by atoms with Gasteiger partial charge in [0.05, 0.1) is 18.7 Å². The van der Waals surface area contributed by atoms with Gasteiger partial charge in [-0.1, -0.05) is 5.21 Å². The molecule has 1 saturated heterocycles. The fourth-order valence-corrected chi connectivity index (χ4v) is 3.61. The predicted octanol–water partition coefficient (Wildman–Crippen LogP) is 2.33. The van der Waals surface area contributed by atoms with Crippen LogP contribution in [0.25, 0.3) is 0 Å². The van der Waals surface area contributed by atoms with E-state index in [1.54, 1.807) is 23.4 Å². The van der Waals surface area contributed by atoms with Gasteiger partial charge in [-0.05, 0) is 54.8 Å². The zero-order chi connectivity index (χ0) is 22.2. The van der Waals surface area contributed by atoms with Gasteiger partial charge in [-0.3, -0.25) is 9.59 Å². The van der Waals surface area contributed by atoms with Crippen LogP contribution in [0.1, 0.15) is 37.2 Å². The van der Waals surface area contributed by atoms with Gasteiger partial charge >= 0.3 is 0 Å². The van der Waals surface area contributed by atoms with Crippen molar-refractivity contribution in [2.45, 2.75) is 39.5 Å². The molecule has 0 aliphatic carbocycles. The van der Waals surface area contributed by atoms with Crippen molar-refractivity contribution in [1.29, 1.82) is 0 Å². The van der Waals surface area contributed by atoms with Gasteiger partial charge in [-0.2, -0.15) is 0 Å². The first-order valence-corrected chi connectivity index (χ1v) is 11.1. The Hall–Kier alpha value is -2.37. The maximum Gasteiger partial charge on any atom is 0.276 e. The molecule has 1 unspecified atom stereocenters. The Kier molecular flexibility index (Phi) is 8.50. The quantitative estimate of drug-likeness (QED) is 0.532. The molecule has 0 radical (unpaired) electrons. The second-order valence-corrected chi connectivity index (χ2v) is 8.02. The van der Waals surface area contributed by atoms with Crippen LogP contribution in [0.5, 0.6) is 0 Å². The van der Waals surface area contributed by atoms with Crippen molar-refractivity contribution < 1.29 is 19.1 Å². The largest absolute Gasteiger partial charge is 0.351 e. The highest BCUT2D eigenvalue weighted by molar-refractivity contribution is 9.10. The zero-order valence-electron chi connectivity index (χ0n) is 17.7. The van der Waals surface area contributed by atoms with Gasteiger partial charge in [-0.15, -0.1) is 5.10 Å². The molecule has 1 fully saturated rings. The molecular weight excluding hydrogens is 468 g/mol. The highest BCUT2D eigenvalue weighted by Crippen LogP contribution is 2.20. The highest BCUT2D eigenvalue weighted by Gasteiger charge is 2.30. The topological polar surface area (TPSA) is 111 Å². The molecule has 1 atom stereocenters. The number of anilines is 1. The van der Waals surface area contributed by atoms with Gasteiger partial charge in [0.15, 0.2) is 12.0 Å². The average Bonchev–Trinajstić information content (AvgIpc) is 3.23. The number of hydrogen-bond donors (Lipinski definition) is 1. The number of ether oxygens (including phenoxy) is 2. The van der Waals surface area contributed by atoms with Crippen molar-refractivity contribution in [3.8, 4) is 0 Å². The Morgan fingerprint density at radius 2 is 2.06 bits per heavy atom. The Morgan fingerprint density at radius 1 is 1.29 bits per heavy atom. The molecular formula is C20H27BrN6O4. The van der Waals surface area contributed by atoms with Crippen molar-refractivity contribution in [2.24, 2.45) is 5.92 Å². The van der Waals surface area contributed by atoms with E-state index in [1.165, 1.54) is 4.68 Å². The predicted molar refractivity (Wildman–Crippen MR) is 116 cm³/mol. The van der Waals surface area contributed by atoms with E-state index in [1.807, 2.05) is 19.9 Å². The molecule has 1 aliphatic heterocycles. The monoisotopic (exact) mass is 494 g/mol. The van der Waals surface area contributed by atoms with Crippen LogP contribution >= 0.6 is 15.9 Å². The number of hydrogen-bond acceptors (Lipinski definition) is 7. The highest BCUT2D eigenvalue weighted by atomic mass is 79.9. The lowest BCUT2D eigenvalue weighted by Crippen LogP contribution is -2.44. The Balaban J connectivity index is 1.58. The van der Waals surface area contributed by atoms with Gasteiger partial charge in [0.2, 0.25) is 5.91 Å². The van der Waals surface area contributed by atoms with Crippen LogP contribution in [0, 0.1) is 5.92 Å². The summed E-state index contributed by atoms with van der Waals surface area (Å²) in [7, 11) is 0. The molecule has 1 N–H and O–H groups in total. The number of nitrogens with zero attached hydrogens (tertiary/aromatic N) is 5. The summed E-state index contributed by atoms with van der Waals surface area (Å²) in [4.78, 5) is 31.4. The van der Waals surface area contributed by atoms with E-state index in [0.717, 1.165) is 10.9 Å². The van der Waals surface area contributed by atoms with Gasteiger partial charge in [0, 0.05) is 37.0 Å². The van der Waals surface area contributed by atoms with Crippen LogP contribution in [0.3, 0.4) is 0 Å². The number of aromatic nitrogens is 4. The van der Waals surface area contributed by atoms with E-state index in [0.29, 0.717) is 45.1 Å². The third-order valence-electron chi connectivity index (χ3n) is 4.86. The number of amides is 2. The Labute approximate surface area is 189 Å². The molecule has 0 saturated carbocycles. The minimum absolute atomic E-state index is 0.146. The number of likely N-dealkylation sites (tertiary alicyclic amines) is 1. The number of piperidine rings is 1. The number of carbonyl (C=O) groups is 2. The third kappa shape index (κ3) is 6.55. The SMILES string of the molecule is CCOC(Cn1cc(C(=O)N2CCCC(C(=O)Nc3ccc(Br)cn3)C2)nn1)OCC. The zero-order valence-corrected chi connectivity index (χ0v) is 19.2. The summed E-state index contributed by atoms with van der Waals surface area (Å²) in [6.45, 7) is 6.04. The molecule has 0 spiro atoms. The average molecular weight is 495 g/mol. The maximum absolute atomic E-state index is 12.9. The van der Waals surface area contributed by atoms with E-state index < -0.39 is 6.29 Å². The first-order valence-electron chi connectivity index (χ1n) is 10.3. The number of pyridine rings is 1. The molecule has 3 rings (SSSR count). The van der Waals surface area contributed by atoms with Gasteiger partial charge in [-0.25, -0.2) is 9.67 Å². The van der Waals surface area contributed by atoms with Gasteiger partial charge < -0.3 is 19.7 Å². The lowest BCUT2D eigenvalue weighted by molar-refractivity contribution is -0.145. The van der Waals surface area contributed by atoms with Crippen molar-refractivity contribution in [1.82, 2.24) is 24.9 Å². The van der Waals surface area contributed by atoms with Crippen molar-refractivity contribution in [2.75, 3.05) is 31.6 Å². The first-order chi connectivity index (χ1) is 15.0. The maximum atomic E-state index is 12.9. The van der Waals surface area contributed by atoms with Crippen molar-refractivity contribution >= 4 is 33.6 Å². The second kappa shape index (κ2) is 11.3. The lowest BCUT2D eigenvalue weighted by atomic mass is 9.97. The summed E-state index contributed by atoms with van der Waals surface area (Å²) in [5.74, 6) is -0.210. The van der Waals surface area contributed by atoms with Crippen LogP contribution in [0.2, 0.25) is 0 Å². The van der Waals surface area contributed by atoms with E-state index in [4.69, 9.17) is 9.47 Å². The Morgan fingerprint density at radius 3 is 2.74 bits per heavy atom. The van der Waals surface area contributed by atoms with Crippen LogP contribution in [0.4, 0.5) is 5.82 Å². The lowest BCUT2D eigenvalue weighted by Gasteiger charge is -2.31. The summed E-state index contributed by atoms with van der Waals surface area (Å²) < 4.78 is 13.4. The van der Waals surface area contributed by atoms with E-state index in [-0.39, 0.29) is 23.4 Å². The molecule has 10 nitrogen and oxygen atoms in total. The second-order valence-electron chi connectivity index (χ2n) is 7.11. The van der Waals surface area contributed by atoms with Crippen molar-refractivity contribution in [3.05, 3.63) is 34.7 Å². The van der Waals surface area contributed by atoms with Gasteiger partial charge in [0.1, 0.15) is 5.82 Å². The molecule has 11 heteroatoms. The number of carbonyl (C=O) groups excluding carboxylic acids is 2. The Bertz CT molecular complexity index is 869. The number of halogens is 1. The van der Waals surface area contributed by atoms with Crippen LogP contribution < -0.4 is 5.32 Å². The van der Waals surface area contributed by atoms with Gasteiger partial charge in [0.25, 0.3) is 5.91 Å². The molecule has 1 aliphatic rings. The summed E-state index contributed by atoms with van der Waals surface area (Å²) in [5, 5.41) is 10.8. The van der Waals surface area contributed by atoms with E-state index >= 15 is 0 Å². The normalized spacial score (nSPS) is 16.5. The molecule has 168 valence electrons. The van der Waals surface area contributed by atoms with Crippen LogP contribution in [-0.2, 0) is 20.8 Å². The van der Waals surface area contributed by atoms with Crippen LogP contribution in [-0.4, -0.2) is 69.3 Å². The minimum atomic E-state index is -0.449. The fourth-order valence-electron chi connectivity index (χ4n) is 3.38. The molecule has 31 heavy (non-hydrogen) atoms. The summed E-state index contributed by atoms with van der Waals surface area (Å²) in [6.07, 6.45) is 4.21. The van der Waals surface area contributed by atoms with E-state index in [2.05, 4.69) is 36.5 Å². The molecule has 2 amide bonds. The smallest absolute Gasteiger partial charge is 0.276 e. The fraction of sp³-hybridized carbons (Fsp3) is 0.550. The molecule has 0 aromatic carbocycles. The standard InChI is InChI=1S/C20H27BrN6O4/c1-3-30-18(31-4-2)13-27-12-16(24-25-27)20(29)26-9-5-6-14(11-26)19(28)23-17-8-7-15(21)10-22-17/h7-8,10,12,14,18H,3-6,9,11,13H2,1-2H3,(H,22,23,28).